The van der Waals surface area contributed by atoms with Crippen LogP contribution >= 0.6 is 0 Å². The van der Waals surface area contributed by atoms with Gasteiger partial charge in [-0.15, -0.1) is 0 Å². The normalized spacial score (nSPS) is 11.1. The highest BCUT2D eigenvalue weighted by Gasteiger charge is 2.26. The van der Waals surface area contributed by atoms with Crippen molar-refractivity contribution in [2.75, 3.05) is 23.5 Å². The first-order chi connectivity index (χ1) is 18.7. The number of hydrogen-bond donors (Lipinski definition) is 2. The molecule has 0 saturated carbocycles. The Morgan fingerprint density at radius 2 is 1.74 bits per heavy atom. The number of anilines is 3. The van der Waals surface area contributed by atoms with Crippen LogP contribution in [0.3, 0.4) is 0 Å². The van der Waals surface area contributed by atoms with Crippen molar-refractivity contribution < 1.29 is 18.3 Å². The second-order valence-electron chi connectivity index (χ2n) is 8.83. The summed E-state index contributed by atoms with van der Waals surface area (Å²) in [5, 5.41) is 4.50. The first-order valence-electron chi connectivity index (χ1n) is 11.9. The van der Waals surface area contributed by atoms with Gasteiger partial charge in [-0.25, -0.2) is 18.6 Å². The molecule has 0 atom stereocenters. The number of amides is 1. The van der Waals surface area contributed by atoms with Gasteiger partial charge >= 0.3 is 6.09 Å². The number of ether oxygens (including phenoxy) is 1. The zero-order valence-electron chi connectivity index (χ0n) is 21.1. The van der Waals surface area contributed by atoms with E-state index in [0.29, 0.717) is 16.8 Å². The summed E-state index contributed by atoms with van der Waals surface area (Å²) < 4.78 is 34.7. The van der Waals surface area contributed by atoms with E-state index in [9.17, 15) is 13.6 Å². The Balaban J connectivity index is 1.59. The number of aromatic nitrogens is 5. The van der Waals surface area contributed by atoms with Crippen LogP contribution in [0.4, 0.5) is 30.9 Å². The predicted octanol–water partition coefficient (Wildman–Crippen LogP) is 4.33. The van der Waals surface area contributed by atoms with E-state index in [-0.39, 0.29) is 41.8 Å². The summed E-state index contributed by atoms with van der Waals surface area (Å²) in [6.07, 6.45) is 0.420. The van der Waals surface area contributed by atoms with E-state index in [1.165, 1.54) is 28.8 Å². The smallest absolute Gasteiger partial charge is 0.414 e. The minimum Gasteiger partial charge on any atom is -0.452 e. The Bertz CT molecular complexity index is 1660. The van der Waals surface area contributed by atoms with Crippen LogP contribution < -0.4 is 16.4 Å². The van der Waals surface area contributed by atoms with Gasteiger partial charge in [0.15, 0.2) is 11.6 Å². The molecule has 0 radical (unpaired) electrons. The predicted molar refractivity (Wildman–Crippen MR) is 142 cm³/mol. The summed E-state index contributed by atoms with van der Waals surface area (Å²) >= 11 is 0. The lowest BCUT2D eigenvalue weighted by atomic mass is 10.1. The maximum atomic E-state index is 14.4. The maximum absolute atomic E-state index is 14.4. The third-order valence-corrected chi connectivity index (χ3v) is 6.11. The quantitative estimate of drug-likeness (QED) is 0.331. The summed E-state index contributed by atoms with van der Waals surface area (Å²) in [4.78, 5) is 26.7. The molecule has 0 aliphatic heterocycles. The topological polar surface area (TPSA) is 138 Å². The van der Waals surface area contributed by atoms with Crippen LogP contribution in [0, 0.1) is 18.6 Å². The number of halogens is 2. The molecule has 0 spiro atoms. The van der Waals surface area contributed by atoms with Crippen LogP contribution in [0.5, 0.6) is 0 Å². The van der Waals surface area contributed by atoms with Gasteiger partial charge in [-0.1, -0.05) is 48.0 Å². The van der Waals surface area contributed by atoms with Crippen molar-refractivity contribution >= 4 is 34.4 Å². The van der Waals surface area contributed by atoms with Gasteiger partial charge in [-0.3, -0.25) is 4.90 Å². The van der Waals surface area contributed by atoms with E-state index >= 15 is 0 Å². The van der Waals surface area contributed by atoms with Gasteiger partial charge in [-0.05, 0) is 24.1 Å². The molecule has 5 aromatic rings. The molecule has 0 unspecified atom stereocenters. The van der Waals surface area contributed by atoms with Gasteiger partial charge in [0.2, 0.25) is 0 Å². The van der Waals surface area contributed by atoms with Crippen LogP contribution in [0.25, 0.3) is 17.0 Å². The number of benzene rings is 2. The van der Waals surface area contributed by atoms with E-state index in [1.54, 1.807) is 18.2 Å². The number of nitrogens with zero attached hydrogens (tertiary/aromatic N) is 6. The second-order valence-corrected chi connectivity index (χ2v) is 8.83. The molecule has 1 amide bonds. The van der Waals surface area contributed by atoms with Gasteiger partial charge in [0, 0.05) is 12.5 Å². The average Bonchev–Trinajstić information content (AvgIpc) is 3.26. The summed E-state index contributed by atoms with van der Waals surface area (Å²) in [5.74, 6) is -1.36. The van der Waals surface area contributed by atoms with Crippen LogP contribution in [0.1, 0.15) is 22.4 Å². The summed E-state index contributed by atoms with van der Waals surface area (Å²) in [6.45, 7) is 2.04. The van der Waals surface area contributed by atoms with E-state index in [4.69, 9.17) is 16.2 Å². The number of aryl methyl sites for hydroxylation is 1. The average molecular weight is 531 g/mol. The molecule has 2 aromatic carbocycles. The Labute approximate surface area is 221 Å². The zero-order chi connectivity index (χ0) is 27.7. The molecular formula is C27H24F2N8O2. The lowest BCUT2D eigenvalue weighted by molar-refractivity contribution is 0.178. The third kappa shape index (κ3) is 5.04. The van der Waals surface area contributed by atoms with Crippen LogP contribution in [-0.2, 0) is 17.7 Å². The van der Waals surface area contributed by atoms with Gasteiger partial charge in [-0.2, -0.15) is 19.7 Å². The van der Waals surface area contributed by atoms with Crippen molar-refractivity contribution in [2.24, 2.45) is 0 Å². The largest absolute Gasteiger partial charge is 0.452 e. The number of hydrogen-bond acceptors (Lipinski definition) is 8. The molecule has 10 nitrogen and oxygen atoms in total. The molecule has 0 aliphatic rings. The van der Waals surface area contributed by atoms with E-state index in [2.05, 4.69) is 20.1 Å². The monoisotopic (exact) mass is 530 g/mol. The lowest BCUT2D eigenvalue weighted by Crippen LogP contribution is -2.32. The minimum atomic E-state index is -0.715. The van der Waals surface area contributed by atoms with Crippen molar-refractivity contribution in [3.63, 3.8) is 0 Å². The molecule has 0 aliphatic carbocycles. The Morgan fingerprint density at radius 3 is 2.41 bits per heavy atom. The number of fused-ring (bicyclic) bond motifs is 1. The fourth-order valence-corrected chi connectivity index (χ4v) is 4.20. The molecule has 198 valence electrons. The standard InChI is InChI=1S/C27H24F2N8O2/c1-15-7-9-16(10-8-15)14-36(27(38)39-2)23-24(30)33-26(34-25(23)31)37-21-12-18(28)13-32-22(21)20(35-37)11-17-5-3-4-6-19(17)29/h3-10,12-13H,11,14H2,1-2H3,(H4,30,31,33,34). The summed E-state index contributed by atoms with van der Waals surface area (Å²) in [6, 6.07) is 15.0. The van der Waals surface area contributed by atoms with Crippen molar-refractivity contribution in [1.82, 2.24) is 24.7 Å². The van der Waals surface area contributed by atoms with Crippen molar-refractivity contribution in [3.8, 4) is 5.95 Å². The minimum absolute atomic E-state index is 0.0542. The zero-order valence-corrected chi connectivity index (χ0v) is 21.1. The molecule has 0 bridgehead atoms. The molecule has 4 N–H and O–H groups in total. The Kier molecular flexibility index (Phi) is 6.75. The number of nitrogen functional groups attached to an aromatic ring is 2. The van der Waals surface area contributed by atoms with Crippen LogP contribution in [0.2, 0.25) is 0 Å². The molecule has 39 heavy (non-hydrogen) atoms. The number of methoxy groups -OCH3 is 1. The highest BCUT2D eigenvalue weighted by molar-refractivity contribution is 5.95. The molecule has 5 rings (SSSR count). The second kappa shape index (κ2) is 10.3. The fourth-order valence-electron chi connectivity index (χ4n) is 4.20. The van der Waals surface area contributed by atoms with Crippen LogP contribution in [0.15, 0.2) is 60.8 Å². The van der Waals surface area contributed by atoms with Crippen molar-refractivity contribution in [1.29, 1.82) is 0 Å². The van der Waals surface area contributed by atoms with E-state index < -0.39 is 17.7 Å². The third-order valence-electron chi connectivity index (χ3n) is 6.11. The van der Waals surface area contributed by atoms with Crippen LogP contribution in [-0.4, -0.2) is 37.9 Å². The number of carbonyl (C=O) groups excluding carboxylic acids is 1. The SMILES string of the molecule is COC(=O)N(Cc1ccc(C)cc1)c1c(N)nc(-n2nc(Cc3ccccc3F)c3ncc(F)cc32)nc1N. The first-order valence-corrected chi connectivity index (χ1v) is 11.9. The van der Waals surface area contributed by atoms with E-state index in [0.717, 1.165) is 17.3 Å². The molecule has 0 fully saturated rings. The van der Waals surface area contributed by atoms with Crippen molar-refractivity contribution in [2.45, 2.75) is 19.9 Å². The van der Waals surface area contributed by atoms with E-state index in [1.807, 2.05) is 31.2 Å². The number of rotatable bonds is 6. The van der Waals surface area contributed by atoms with Gasteiger partial charge in [0.25, 0.3) is 5.95 Å². The Morgan fingerprint density at radius 1 is 1.05 bits per heavy atom. The molecular weight excluding hydrogens is 506 g/mol. The fraction of sp³-hybridized carbons (Fsp3) is 0.148. The molecule has 12 heteroatoms. The maximum Gasteiger partial charge on any atom is 0.414 e. The highest BCUT2D eigenvalue weighted by Crippen LogP contribution is 2.31. The molecule has 3 heterocycles. The first kappa shape index (κ1) is 25.5. The highest BCUT2D eigenvalue weighted by atomic mass is 19.1. The van der Waals surface area contributed by atoms with Gasteiger partial charge in [0.1, 0.15) is 22.8 Å². The summed E-state index contributed by atoms with van der Waals surface area (Å²) in [7, 11) is 1.24. The van der Waals surface area contributed by atoms with Gasteiger partial charge in [0.05, 0.1) is 31.1 Å². The molecule has 3 aromatic heterocycles. The summed E-state index contributed by atoms with van der Waals surface area (Å²) in [5.41, 5.74) is 15.8. The van der Waals surface area contributed by atoms with Crippen molar-refractivity contribution in [3.05, 3.63) is 94.8 Å². The number of carbonyl (C=O) groups is 1. The number of nitrogens with two attached hydrogens (primary N) is 2. The lowest BCUT2D eigenvalue weighted by Gasteiger charge is -2.23. The Hall–Kier alpha value is -5.13. The molecule has 0 saturated heterocycles. The van der Waals surface area contributed by atoms with Gasteiger partial charge < -0.3 is 16.2 Å². The number of pyridine rings is 1.